The number of carbonyl (C=O) groups excluding carboxylic acids is 3. The van der Waals surface area contributed by atoms with E-state index in [0.717, 1.165) is 39.3 Å². The number of nitrogens with zero attached hydrogens (tertiary/aromatic N) is 3. The zero-order chi connectivity index (χ0) is 22.3. The predicted octanol–water partition coefficient (Wildman–Crippen LogP) is 2.00. The van der Waals surface area contributed by atoms with Crippen molar-refractivity contribution in [2.45, 2.75) is 19.4 Å². The predicted molar refractivity (Wildman–Crippen MR) is 122 cm³/mol. The van der Waals surface area contributed by atoms with Gasteiger partial charge in [0.05, 0.1) is 11.1 Å². The molecule has 7 nitrogen and oxygen atoms in total. The molecule has 0 radical (unpaired) electrons. The summed E-state index contributed by atoms with van der Waals surface area (Å²) in [5.41, 5.74) is 2.24. The summed E-state index contributed by atoms with van der Waals surface area (Å²) in [5.74, 6) is -0.570. The number of benzene rings is 2. The van der Waals surface area contributed by atoms with Crippen molar-refractivity contribution >= 4 is 17.7 Å². The van der Waals surface area contributed by atoms with Gasteiger partial charge in [-0.15, -0.1) is 0 Å². The number of fused-ring (bicyclic) bond motifs is 1. The lowest BCUT2D eigenvalue weighted by molar-refractivity contribution is -0.121. The Kier molecular flexibility index (Phi) is 7.29. The molecule has 0 atom stereocenters. The van der Waals surface area contributed by atoms with Gasteiger partial charge in [-0.3, -0.25) is 29.1 Å². The smallest absolute Gasteiger partial charge is 0.261 e. The van der Waals surface area contributed by atoms with E-state index in [2.05, 4.69) is 39.4 Å². The maximum absolute atomic E-state index is 12.4. The Balaban J connectivity index is 1.09. The number of nitrogens with one attached hydrogen (secondary N) is 1. The minimum absolute atomic E-state index is 0.0377. The fraction of sp³-hybridized carbons (Fsp3) is 0.400. The highest BCUT2D eigenvalue weighted by Gasteiger charge is 2.34. The Morgan fingerprint density at radius 3 is 2.03 bits per heavy atom. The van der Waals surface area contributed by atoms with Crippen LogP contribution in [0.2, 0.25) is 0 Å². The second kappa shape index (κ2) is 10.5. The van der Waals surface area contributed by atoms with Gasteiger partial charge in [0, 0.05) is 58.8 Å². The van der Waals surface area contributed by atoms with Crippen LogP contribution < -0.4 is 5.32 Å². The Bertz CT molecular complexity index is 920. The minimum atomic E-state index is -0.266. The van der Waals surface area contributed by atoms with Gasteiger partial charge in [-0.25, -0.2) is 0 Å². The summed E-state index contributed by atoms with van der Waals surface area (Å²) in [6, 6.07) is 17.4. The molecule has 7 heteroatoms. The number of carbonyl (C=O) groups is 3. The van der Waals surface area contributed by atoms with Gasteiger partial charge < -0.3 is 5.32 Å². The zero-order valence-corrected chi connectivity index (χ0v) is 18.3. The third-order valence-electron chi connectivity index (χ3n) is 6.13. The van der Waals surface area contributed by atoms with Crippen LogP contribution in [0, 0.1) is 0 Å². The van der Waals surface area contributed by atoms with Crippen LogP contribution in [0.5, 0.6) is 0 Å². The lowest BCUT2D eigenvalue weighted by atomic mass is 10.1. The molecule has 0 unspecified atom stereocenters. The number of piperazine rings is 1. The van der Waals surface area contributed by atoms with Crippen molar-refractivity contribution in [1.82, 2.24) is 20.0 Å². The maximum Gasteiger partial charge on any atom is 0.261 e. The quantitative estimate of drug-likeness (QED) is 0.611. The summed E-state index contributed by atoms with van der Waals surface area (Å²) in [7, 11) is 0. The van der Waals surface area contributed by atoms with Gasteiger partial charge in [0.1, 0.15) is 0 Å². The lowest BCUT2D eigenvalue weighted by Gasteiger charge is -2.34. The number of imide groups is 1. The molecule has 0 aliphatic carbocycles. The summed E-state index contributed by atoms with van der Waals surface area (Å²) >= 11 is 0. The van der Waals surface area contributed by atoms with Crippen LogP contribution >= 0.6 is 0 Å². The molecule has 168 valence electrons. The van der Waals surface area contributed by atoms with Crippen molar-refractivity contribution in [3.63, 3.8) is 0 Å². The number of hydrogen-bond acceptors (Lipinski definition) is 5. The first-order chi connectivity index (χ1) is 15.6. The highest BCUT2D eigenvalue weighted by Crippen LogP contribution is 2.22. The Morgan fingerprint density at radius 1 is 0.781 bits per heavy atom. The average Bonchev–Trinajstić information content (AvgIpc) is 3.06. The monoisotopic (exact) mass is 434 g/mol. The van der Waals surface area contributed by atoms with Crippen LogP contribution in [0.1, 0.15) is 39.1 Å². The summed E-state index contributed by atoms with van der Waals surface area (Å²) in [4.78, 5) is 43.0. The van der Waals surface area contributed by atoms with Crippen molar-refractivity contribution in [3.8, 4) is 0 Å². The van der Waals surface area contributed by atoms with Gasteiger partial charge in [0.2, 0.25) is 5.91 Å². The molecule has 1 saturated heterocycles. The van der Waals surface area contributed by atoms with Gasteiger partial charge in [0.25, 0.3) is 11.8 Å². The van der Waals surface area contributed by atoms with Gasteiger partial charge >= 0.3 is 0 Å². The largest absolute Gasteiger partial charge is 0.355 e. The fourth-order valence-corrected chi connectivity index (χ4v) is 4.29. The van der Waals surface area contributed by atoms with E-state index in [4.69, 9.17) is 0 Å². The fourth-order valence-electron chi connectivity index (χ4n) is 4.29. The molecule has 4 rings (SSSR count). The second-order valence-electron chi connectivity index (χ2n) is 8.36. The summed E-state index contributed by atoms with van der Waals surface area (Å²) in [5, 5.41) is 2.96. The number of hydrogen-bond donors (Lipinski definition) is 1. The van der Waals surface area contributed by atoms with Crippen molar-refractivity contribution in [3.05, 3.63) is 71.3 Å². The topological polar surface area (TPSA) is 73.0 Å². The van der Waals surface area contributed by atoms with Gasteiger partial charge in [-0.1, -0.05) is 42.5 Å². The van der Waals surface area contributed by atoms with Crippen LogP contribution in [0.4, 0.5) is 0 Å². The third kappa shape index (κ3) is 5.41. The van der Waals surface area contributed by atoms with Gasteiger partial charge in [-0.05, 0) is 24.1 Å². The summed E-state index contributed by atoms with van der Waals surface area (Å²) in [6.07, 6.45) is 0.772. The number of rotatable bonds is 9. The van der Waals surface area contributed by atoms with Crippen molar-refractivity contribution in [1.29, 1.82) is 0 Å². The lowest BCUT2D eigenvalue weighted by Crippen LogP contribution is -2.48. The molecule has 0 aromatic heterocycles. The van der Waals surface area contributed by atoms with Crippen LogP contribution in [-0.2, 0) is 11.3 Å². The van der Waals surface area contributed by atoms with E-state index in [0.29, 0.717) is 30.5 Å². The molecular weight excluding hydrogens is 404 g/mol. The highest BCUT2D eigenvalue weighted by atomic mass is 16.2. The highest BCUT2D eigenvalue weighted by molar-refractivity contribution is 6.21. The first kappa shape index (κ1) is 22.2. The van der Waals surface area contributed by atoms with E-state index in [1.165, 1.54) is 10.5 Å². The third-order valence-corrected chi connectivity index (χ3v) is 6.13. The van der Waals surface area contributed by atoms with Gasteiger partial charge in [-0.2, -0.15) is 0 Å². The molecular formula is C25H30N4O3. The van der Waals surface area contributed by atoms with E-state index >= 15 is 0 Å². The summed E-state index contributed by atoms with van der Waals surface area (Å²) < 4.78 is 0. The molecule has 0 saturated carbocycles. The van der Waals surface area contributed by atoms with Crippen LogP contribution in [-0.4, -0.2) is 78.2 Å². The molecule has 32 heavy (non-hydrogen) atoms. The van der Waals surface area contributed by atoms with E-state index in [1.807, 2.05) is 6.07 Å². The Hall–Kier alpha value is -3.03. The molecule has 2 aromatic rings. The number of amides is 3. The molecule has 0 spiro atoms. The molecule has 1 N–H and O–H groups in total. The molecule has 2 aromatic carbocycles. The molecule has 3 amide bonds. The molecule has 2 aliphatic rings. The first-order valence-corrected chi connectivity index (χ1v) is 11.3. The SMILES string of the molecule is O=C(CCCN1C(=O)c2ccccc2C1=O)NCCN1CCN(Cc2ccccc2)CC1. The maximum atomic E-state index is 12.4. The van der Waals surface area contributed by atoms with Crippen molar-refractivity contribution in [2.24, 2.45) is 0 Å². The van der Waals surface area contributed by atoms with Crippen LogP contribution in [0.15, 0.2) is 54.6 Å². The first-order valence-electron chi connectivity index (χ1n) is 11.3. The molecule has 2 aliphatic heterocycles. The second-order valence-corrected chi connectivity index (χ2v) is 8.36. The van der Waals surface area contributed by atoms with Crippen molar-refractivity contribution in [2.75, 3.05) is 45.8 Å². The van der Waals surface area contributed by atoms with E-state index in [9.17, 15) is 14.4 Å². The molecule has 2 heterocycles. The van der Waals surface area contributed by atoms with Gasteiger partial charge in [0.15, 0.2) is 0 Å². The molecule has 1 fully saturated rings. The minimum Gasteiger partial charge on any atom is -0.355 e. The van der Waals surface area contributed by atoms with Crippen molar-refractivity contribution < 1.29 is 14.4 Å². The molecule has 0 bridgehead atoms. The standard InChI is InChI=1S/C25H30N4O3/c30-23(11-6-13-29-24(31)21-9-4-5-10-22(21)25(29)32)26-12-14-27-15-17-28(18-16-27)19-20-7-2-1-3-8-20/h1-5,7-10H,6,11-19H2,(H,26,30). The Labute approximate surface area is 189 Å². The van der Waals surface area contributed by atoms with Crippen LogP contribution in [0.25, 0.3) is 0 Å². The Morgan fingerprint density at radius 2 is 1.38 bits per heavy atom. The van der Waals surface area contributed by atoms with E-state index in [1.54, 1.807) is 24.3 Å². The average molecular weight is 435 g/mol. The zero-order valence-electron chi connectivity index (χ0n) is 18.3. The van der Waals surface area contributed by atoms with E-state index < -0.39 is 0 Å². The van der Waals surface area contributed by atoms with Crippen LogP contribution in [0.3, 0.4) is 0 Å². The van der Waals surface area contributed by atoms with E-state index in [-0.39, 0.29) is 24.3 Å². The summed E-state index contributed by atoms with van der Waals surface area (Å²) in [6.45, 7) is 6.77. The normalized spacial score (nSPS) is 16.9.